The van der Waals surface area contributed by atoms with Crippen LogP contribution < -0.4 is 0 Å². The maximum absolute atomic E-state index is 12.3. The summed E-state index contributed by atoms with van der Waals surface area (Å²) in [5.41, 5.74) is 1.01. The first kappa shape index (κ1) is 14.8. The molecular weight excluding hydrogens is 280 g/mol. The molecule has 1 aliphatic carbocycles. The molecule has 1 aromatic rings. The minimum Gasteiger partial charge on any atom is -0.465 e. The zero-order chi connectivity index (χ0) is 15.6. The van der Waals surface area contributed by atoms with Crippen LogP contribution in [0.2, 0.25) is 0 Å². The van der Waals surface area contributed by atoms with Crippen molar-refractivity contribution in [3.63, 3.8) is 0 Å². The van der Waals surface area contributed by atoms with Crippen molar-refractivity contribution >= 4 is 11.9 Å². The van der Waals surface area contributed by atoms with Gasteiger partial charge >= 0.3 is 11.9 Å². The summed E-state index contributed by atoms with van der Waals surface area (Å²) in [7, 11) is 0. The summed E-state index contributed by atoms with van der Waals surface area (Å²) in [5, 5.41) is 0. The third-order valence-corrected chi connectivity index (χ3v) is 4.47. The molecule has 0 N–H and O–H groups in total. The zero-order valence-corrected chi connectivity index (χ0v) is 12.7. The van der Waals surface area contributed by atoms with Crippen LogP contribution in [0.25, 0.3) is 0 Å². The third kappa shape index (κ3) is 2.32. The van der Waals surface area contributed by atoms with Crippen molar-refractivity contribution in [2.45, 2.75) is 26.2 Å². The molecule has 0 spiro atoms. The van der Waals surface area contributed by atoms with E-state index < -0.39 is 17.4 Å². The summed E-state index contributed by atoms with van der Waals surface area (Å²) in [6.45, 7) is 2.41. The second kappa shape index (κ2) is 5.95. The molecule has 0 unspecified atom stereocenters. The Bertz CT molecular complexity index is 605. The normalized spacial score (nSPS) is 28.0. The summed E-state index contributed by atoms with van der Waals surface area (Å²) in [5.74, 6) is -0.910. The van der Waals surface area contributed by atoms with Crippen molar-refractivity contribution in [1.29, 1.82) is 0 Å². The van der Waals surface area contributed by atoms with E-state index in [2.05, 4.69) is 12.1 Å². The van der Waals surface area contributed by atoms with E-state index in [1.165, 1.54) is 5.56 Å². The van der Waals surface area contributed by atoms with E-state index in [0.717, 1.165) is 18.4 Å². The number of cyclic esters (lactones) is 1. The van der Waals surface area contributed by atoms with Gasteiger partial charge in [0.25, 0.3) is 0 Å². The standard InChI is InChI=1S/C18H20O4/c1-2-21-16(19)18-14(15(18)11-12-22-17(18)20)10-6-9-13-7-4-3-5-8-13/h3-5,7-8,10,15H,2,6,9,11-12H2,1H3/b14-10+/t15-,18+/m0/s1. The molecule has 0 radical (unpaired) electrons. The average molecular weight is 300 g/mol. The molecule has 1 aliphatic heterocycles. The molecule has 2 atom stereocenters. The number of benzene rings is 1. The molecule has 1 saturated carbocycles. The zero-order valence-electron chi connectivity index (χ0n) is 12.7. The van der Waals surface area contributed by atoms with Crippen molar-refractivity contribution in [3.8, 4) is 0 Å². The molecule has 4 nitrogen and oxygen atoms in total. The minimum atomic E-state index is -1.13. The fourth-order valence-electron chi connectivity index (χ4n) is 3.36. The van der Waals surface area contributed by atoms with Crippen LogP contribution in [0.4, 0.5) is 0 Å². The monoisotopic (exact) mass is 300 g/mol. The summed E-state index contributed by atoms with van der Waals surface area (Å²) >= 11 is 0. The van der Waals surface area contributed by atoms with Crippen LogP contribution in [0.3, 0.4) is 0 Å². The van der Waals surface area contributed by atoms with Crippen molar-refractivity contribution in [2.24, 2.45) is 11.3 Å². The molecule has 1 heterocycles. The summed E-state index contributed by atoms with van der Waals surface area (Å²) in [6, 6.07) is 10.2. The van der Waals surface area contributed by atoms with Crippen LogP contribution in [0.1, 0.15) is 25.3 Å². The van der Waals surface area contributed by atoms with Crippen molar-refractivity contribution in [3.05, 3.63) is 47.5 Å². The maximum atomic E-state index is 12.3. The summed E-state index contributed by atoms with van der Waals surface area (Å²) < 4.78 is 10.2. The Morgan fingerprint density at radius 3 is 2.91 bits per heavy atom. The van der Waals surface area contributed by atoms with Crippen LogP contribution in [0.5, 0.6) is 0 Å². The molecule has 1 aromatic carbocycles. The van der Waals surface area contributed by atoms with Gasteiger partial charge in [0.05, 0.1) is 13.2 Å². The lowest BCUT2D eigenvalue weighted by molar-refractivity contribution is -0.167. The molecule has 1 saturated heterocycles. The second-order valence-electron chi connectivity index (χ2n) is 5.69. The van der Waals surface area contributed by atoms with E-state index in [9.17, 15) is 9.59 Å². The quantitative estimate of drug-likeness (QED) is 0.476. The van der Waals surface area contributed by atoms with Crippen molar-refractivity contribution in [2.75, 3.05) is 13.2 Å². The van der Waals surface area contributed by atoms with Crippen molar-refractivity contribution < 1.29 is 19.1 Å². The number of carbonyl (C=O) groups is 2. The maximum Gasteiger partial charge on any atom is 0.328 e. The van der Waals surface area contributed by atoms with Gasteiger partial charge in [-0.15, -0.1) is 0 Å². The first-order valence-electron chi connectivity index (χ1n) is 7.80. The Morgan fingerprint density at radius 2 is 2.18 bits per heavy atom. The minimum absolute atomic E-state index is 0.0245. The smallest absolute Gasteiger partial charge is 0.328 e. The topological polar surface area (TPSA) is 52.6 Å². The average Bonchev–Trinajstić information content (AvgIpc) is 3.19. The molecule has 2 fully saturated rings. The van der Waals surface area contributed by atoms with E-state index in [1.54, 1.807) is 6.92 Å². The number of fused-ring (bicyclic) bond motifs is 1. The van der Waals surface area contributed by atoms with Gasteiger partial charge in [0.2, 0.25) is 0 Å². The van der Waals surface area contributed by atoms with Gasteiger partial charge in [-0.1, -0.05) is 36.4 Å². The van der Waals surface area contributed by atoms with E-state index in [0.29, 0.717) is 13.0 Å². The number of ether oxygens (including phenoxy) is 2. The van der Waals surface area contributed by atoms with Crippen molar-refractivity contribution in [1.82, 2.24) is 0 Å². The van der Waals surface area contributed by atoms with Gasteiger partial charge in [0, 0.05) is 5.92 Å². The third-order valence-electron chi connectivity index (χ3n) is 4.47. The number of allylic oxidation sites excluding steroid dienone is 1. The lowest BCUT2D eigenvalue weighted by Crippen LogP contribution is -2.35. The highest BCUT2D eigenvalue weighted by molar-refractivity contribution is 6.10. The van der Waals surface area contributed by atoms with Gasteiger partial charge in [-0.2, -0.15) is 0 Å². The van der Waals surface area contributed by atoms with Gasteiger partial charge in [-0.25, -0.2) is 0 Å². The predicted octanol–water partition coefficient (Wildman–Crippen LogP) is 2.67. The number of hydrogen-bond acceptors (Lipinski definition) is 4. The number of esters is 2. The fraction of sp³-hybridized carbons (Fsp3) is 0.444. The van der Waals surface area contributed by atoms with E-state index in [1.807, 2.05) is 24.3 Å². The largest absolute Gasteiger partial charge is 0.465 e. The van der Waals surface area contributed by atoms with Crippen LogP contribution in [0.15, 0.2) is 42.0 Å². The molecular formula is C18H20O4. The van der Waals surface area contributed by atoms with Crippen LogP contribution >= 0.6 is 0 Å². The Balaban J connectivity index is 1.74. The highest BCUT2D eigenvalue weighted by Gasteiger charge is 2.73. The molecule has 3 rings (SSSR count). The molecule has 2 aliphatic rings. The van der Waals surface area contributed by atoms with E-state index in [-0.39, 0.29) is 12.5 Å². The molecule has 4 heteroatoms. The van der Waals surface area contributed by atoms with E-state index in [4.69, 9.17) is 9.47 Å². The Hall–Kier alpha value is -2.10. The molecule has 22 heavy (non-hydrogen) atoms. The van der Waals surface area contributed by atoms with Crippen LogP contribution in [-0.4, -0.2) is 25.2 Å². The van der Waals surface area contributed by atoms with Gasteiger partial charge in [0.15, 0.2) is 5.41 Å². The first-order valence-corrected chi connectivity index (χ1v) is 7.80. The van der Waals surface area contributed by atoms with Gasteiger partial charge in [-0.05, 0) is 37.3 Å². The molecule has 0 amide bonds. The Morgan fingerprint density at radius 1 is 1.41 bits per heavy atom. The summed E-state index contributed by atoms with van der Waals surface area (Å²) in [4.78, 5) is 24.4. The first-order chi connectivity index (χ1) is 10.7. The van der Waals surface area contributed by atoms with Crippen LogP contribution in [0, 0.1) is 11.3 Å². The molecule has 0 bridgehead atoms. The number of aryl methyl sites for hydroxylation is 1. The number of carbonyl (C=O) groups excluding carboxylic acids is 2. The van der Waals surface area contributed by atoms with E-state index >= 15 is 0 Å². The fourth-order valence-corrected chi connectivity index (χ4v) is 3.36. The highest BCUT2D eigenvalue weighted by atomic mass is 16.6. The SMILES string of the molecule is CCOC(=O)[C@]12C(=O)OCC[C@H]1/C2=C\CCc1ccccc1. The van der Waals surface area contributed by atoms with Crippen LogP contribution in [-0.2, 0) is 25.5 Å². The number of hydrogen-bond donors (Lipinski definition) is 0. The Kier molecular flexibility index (Phi) is 4.01. The predicted molar refractivity (Wildman–Crippen MR) is 81.0 cm³/mol. The number of rotatable bonds is 5. The second-order valence-corrected chi connectivity index (χ2v) is 5.69. The Labute approximate surface area is 130 Å². The highest BCUT2D eigenvalue weighted by Crippen LogP contribution is 2.63. The van der Waals surface area contributed by atoms with Gasteiger partial charge in [0.1, 0.15) is 0 Å². The lowest BCUT2D eigenvalue weighted by atomic mass is 10.00. The molecule has 0 aromatic heterocycles. The van der Waals surface area contributed by atoms with Gasteiger partial charge < -0.3 is 9.47 Å². The van der Waals surface area contributed by atoms with Gasteiger partial charge in [-0.3, -0.25) is 9.59 Å². The molecule has 116 valence electrons. The summed E-state index contributed by atoms with van der Waals surface area (Å²) in [6.07, 6.45) is 4.44. The lowest BCUT2D eigenvalue weighted by Gasteiger charge is -2.18.